The molecule has 3 N–H and O–H groups in total. The van der Waals surface area contributed by atoms with Crippen molar-refractivity contribution in [2.75, 3.05) is 67.6 Å². The molecule has 87 heavy (non-hydrogen) atoms. The molecule has 0 radical (unpaired) electrons. The molecule has 18 nitrogen and oxygen atoms in total. The van der Waals surface area contributed by atoms with Crippen LogP contribution >= 0.6 is 0 Å². The van der Waals surface area contributed by atoms with Crippen LogP contribution < -0.4 is 9.47 Å². The number of aromatic nitrogens is 8. The highest BCUT2D eigenvalue weighted by molar-refractivity contribution is 6.15. The molecule has 0 bridgehead atoms. The summed E-state index contributed by atoms with van der Waals surface area (Å²) in [6, 6.07) is 19.7. The number of ether oxygens (including phenoxy) is 2. The smallest absolute Gasteiger partial charge is 0.335 e. The predicted molar refractivity (Wildman–Crippen MR) is 349 cm³/mol. The largest absolute Gasteiger partial charge is 0.496 e. The van der Waals surface area contributed by atoms with Gasteiger partial charge in [0.1, 0.15) is 46.0 Å². The first-order valence-corrected chi connectivity index (χ1v) is 29.2. The number of H-pyrrole nitrogens is 2. The fraction of sp³-hybridized carbons (Fsp3) is 0.420. The summed E-state index contributed by atoms with van der Waals surface area (Å²) in [5.74, 6) is 3.12. The van der Waals surface area contributed by atoms with Gasteiger partial charge in [-0.2, -0.15) is 0 Å². The fourth-order valence-corrected chi connectivity index (χ4v) is 11.6. The molecule has 4 aromatic carbocycles. The second kappa shape index (κ2) is 25.5. The Hall–Kier alpha value is -8.48. The number of methoxy groups -OCH3 is 2. The molecule has 0 unspecified atom stereocenters. The van der Waals surface area contributed by atoms with Crippen LogP contribution in [0.4, 0.5) is 0 Å². The average molecular weight is 1180 g/mol. The van der Waals surface area contributed by atoms with Gasteiger partial charge in [-0.1, -0.05) is 73.1 Å². The van der Waals surface area contributed by atoms with E-state index >= 15 is 0 Å². The van der Waals surface area contributed by atoms with Gasteiger partial charge in [-0.25, -0.2) is 24.7 Å². The highest BCUT2D eigenvalue weighted by Crippen LogP contribution is 2.44. The van der Waals surface area contributed by atoms with Crippen LogP contribution in [-0.4, -0.2) is 139 Å². The van der Waals surface area contributed by atoms with Crippen molar-refractivity contribution >= 4 is 55.7 Å². The van der Waals surface area contributed by atoms with Crippen molar-refractivity contribution in [1.29, 1.82) is 0 Å². The summed E-state index contributed by atoms with van der Waals surface area (Å²) < 4.78 is 22.5. The van der Waals surface area contributed by atoms with Crippen LogP contribution in [-0.2, 0) is 10.8 Å². The first kappa shape index (κ1) is 64.5. The molecule has 6 aromatic heterocycles. The molecule has 0 aliphatic carbocycles. The molecular weight excluding hydrogens is 1090 g/mol. The molecule has 8 heterocycles. The minimum Gasteiger partial charge on any atom is -0.496 e. The van der Waals surface area contributed by atoms with E-state index in [1.165, 1.54) is 32.4 Å². The Morgan fingerprint density at radius 1 is 0.540 bits per heavy atom. The number of carbonyl (C=O) groups is 2. The number of aromatic amines is 2. The molecule has 18 heteroatoms. The number of aryl methyl sites for hydroxylation is 6. The molecule has 2 saturated heterocycles. The van der Waals surface area contributed by atoms with Crippen molar-refractivity contribution in [3.8, 4) is 56.3 Å². The highest BCUT2D eigenvalue weighted by Gasteiger charge is 2.28. The number of likely N-dealkylation sites (tertiary alicyclic amines) is 1. The maximum absolute atomic E-state index is 13.8. The monoisotopic (exact) mass is 1180 g/mol. The van der Waals surface area contributed by atoms with Crippen LogP contribution in [0.3, 0.4) is 0 Å². The number of aromatic carboxylic acids is 1. The van der Waals surface area contributed by atoms with Gasteiger partial charge < -0.3 is 48.3 Å². The van der Waals surface area contributed by atoms with E-state index in [1.807, 2.05) is 82.8 Å². The predicted octanol–water partition coefficient (Wildman–Crippen LogP) is 14.8. The minimum atomic E-state index is -0.978. The number of amides is 1. The second-order valence-corrected chi connectivity index (χ2v) is 24.9. The van der Waals surface area contributed by atoms with Gasteiger partial charge in [-0.15, -0.1) is 0 Å². The average Bonchev–Trinajstić information content (AvgIpc) is 1.76. The second-order valence-electron chi connectivity index (χ2n) is 24.9. The van der Waals surface area contributed by atoms with Crippen LogP contribution in [0.15, 0.2) is 69.7 Å². The van der Waals surface area contributed by atoms with Crippen LogP contribution in [0.2, 0.25) is 0 Å². The van der Waals surface area contributed by atoms with E-state index in [1.54, 1.807) is 26.4 Å². The maximum atomic E-state index is 13.8. The molecule has 2 aliphatic rings. The Morgan fingerprint density at radius 3 is 1.32 bits per heavy atom. The molecule has 460 valence electrons. The zero-order chi connectivity index (χ0) is 61.0. The van der Waals surface area contributed by atoms with Gasteiger partial charge in [0, 0.05) is 75.8 Å². The van der Waals surface area contributed by atoms with Crippen LogP contribution in [0.25, 0.3) is 88.6 Å². The summed E-state index contributed by atoms with van der Waals surface area (Å²) in [4.78, 5) is 58.5. The number of piperazine rings is 1. The maximum Gasteiger partial charge on any atom is 0.335 e. The quantitative estimate of drug-likeness (QED) is 0.129. The van der Waals surface area contributed by atoms with E-state index in [-0.39, 0.29) is 37.2 Å². The van der Waals surface area contributed by atoms with E-state index < -0.39 is 5.97 Å². The van der Waals surface area contributed by atoms with Crippen molar-refractivity contribution in [1.82, 2.24) is 54.9 Å². The van der Waals surface area contributed by atoms with Gasteiger partial charge in [-0.05, 0) is 164 Å². The van der Waals surface area contributed by atoms with E-state index in [2.05, 4.69) is 103 Å². The highest BCUT2D eigenvalue weighted by atomic mass is 16.5. The minimum absolute atomic E-state index is 0. The number of likely N-dealkylation sites (N-methyl/N-ethyl adjacent to an activating group) is 1. The van der Waals surface area contributed by atoms with E-state index in [0.29, 0.717) is 45.8 Å². The van der Waals surface area contributed by atoms with Crippen molar-refractivity contribution in [2.24, 2.45) is 0 Å². The molecule has 0 spiro atoms. The van der Waals surface area contributed by atoms with E-state index in [9.17, 15) is 14.7 Å². The zero-order valence-electron chi connectivity index (χ0n) is 52.1. The third-order valence-corrected chi connectivity index (χ3v) is 16.4. The SMILES string of the molecule is C.C.CN1CCCCC1.COc1cc2c(cc1-c1c(C)noc1C)[nH]c1nc(C)nc(-c3cc(C(=O)N4CCN(C)CC4)cc(C(C)(C)C)c3)c12.COc1cc2c(cc1-c1c(C)noc1C)[nH]c1nc(C)nc(-c3cc(C(=O)O)cc(C(C)(C)C)c3)c12. The summed E-state index contributed by atoms with van der Waals surface area (Å²) in [6.45, 7) is 29.8. The first-order chi connectivity index (χ1) is 40.3. The van der Waals surface area contributed by atoms with Crippen molar-refractivity contribution in [3.63, 3.8) is 0 Å². The van der Waals surface area contributed by atoms with Crippen molar-refractivity contribution in [2.45, 2.75) is 128 Å². The Balaban J connectivity index is 0.000000200. The van der Waals surface area contributed by atoms with E-state index in [4.69, 9.17) is 33.5 Å². The molecule has 0 saturated carbocycles. The number of benzene rings is 4. The summed E-state index contributed by atoms with van der Waals surface area (Å²) in [5.41, 5.74) is 13.9. The van der Waals surface area contributed by atoms with Gasteiger partial charge in [0.2, 0.25) is 0 Å². The Labute approximate surface area is 511 Å². The number of carbonyl (C=O) groups excluding carboxylic acids is 1. The summed E-state index contributed by atoms with van der Waals surface area (Å²) >= 11 is 0. The first-order valence-electron chi connectivity index (χ1n) is 29.2. The lowest BCUT2D eigenvalue weighted by molar-refractivity contribution is 0.0662. The number of nitrogens with zero attached hydrogens (tertiary/aromatic N) is 9. The number of hydrogen-bond acceptors (Lipinski definition) is 14. The van der Waals surface area contributed by atoms with Gasteiger partial charge in [0.15, 0.2) is 0 Å². The van der Waals surface area contributed by atoms with Gasteiger partial charge in [0.25, 0.3) is 5.91 Å². The van der Waals surface area contributed by atoms with Crippen LogP contribution in [0.5, 0.6) is 11.5 Å². The Morgan fingerprint density at radius 2 is 0.954 bits per heavy atom. The number of nitrogens with one attached hydrogen (secondary N) is 2. The van der Waals surface area contributed by atoms with Crippen molar-refractivity contribution in [3.05, 3.63) is 117 Å². The fourth-order valence-electron chi connectivity index (χ4n) is 11.6. The lowest BCUT2D eigenvalue weighted by Gasteiger charge is -2.33. The third kappa shape index (κ3) is 13.1. The topological polar surface area (TPSA) is 218 Å². The molecule has 1 amide bonds. The number of carboxylic acid groups (broad SMARTS) is 1. The van der Waals surface area contributed by atoms with Crippen LogP contribution in [0, 0.1) is 41.5 Å². The number of carboxylic acids is 1. The molecule has 10 aromatic rings. The third-order valence-electron chi connectivity index (χ3n) is 16.4. The summed E-state index contributed by atoms with van der Waals surface area (Å²) in [7, 11) is 7.59. The molecule has 2 aliphatic heterocycles. The molecule has 0 atom stereocenters. The number of fused-ring (bicyclic) bond motifs is 6. The lowest BCUT2D eigenvalue weighted by Crippen LogP contribution is -2.47. The lowest BCUT2D eigenvalue weighted by atomic mass is 9.84. The summed E-state index contributed by atoms with van der Waals surface area (Å²) in [5, 5.41) is 21.6. The standard InChI is InChI=1S/C33H38N6O3.C28H28N4O4.C6H13N.2CH4/c1-18-28(19(2)42-37-18)25-16-26-24(17-27(25)41-8)29-30(34-20(3)35-31(29)36-26)21-13-22(15-23(14-21)33(4,5)6)32(40)39-11-9-38(7)10-12-39;1-13-23(14(2)36-32-13)20-11-21-19(12-22(20)35-7)24-25(29-15(3)30-26(24)31-21)16-8-17(27(33)34)10-18(9-16)28(4,5)6;1-7-5-3-2-4-6-7;;/h13-17H,9-12H2,1-8H3,(H,34,35,36);8-12H,1-7H3,(H,33,34)(H,29,30,31);2-6H2,1H3;2*1H4. The molecule has 12 rings (SSSR count). The van der Waals surface area contributed by atoms with Crippen molar-refractivity contribution < 1.29 is 33.2 Å². The normalized spacial score (nSPS) is 14.1. The van der Waals surface area contributed by atoms with Gasteiger partial charge >= 0.3 is 5.97 Å². The van der Waals surface area contributed by atoms with Crippen LogP contribution in [0.1, 0.15) is 142 Å². The number of piperidine rings is 1. The Kier molecular flexibility index (Phi) is 18.9. The number of rotatable bonds is 8. The molecular formula is C69H87N11O7. The molecule has 2 fully saturated rings. The van der Waals surface area contributed by atoms with Gasteiger partial charge in [-0.3, -0.25) is 4.79 Å². The Bertz CT molecular complexity index is 4140. The van der Waals surface area contributed by atoms with E-state index in [0.717, 1.165) is 132 Å². The van der Waals surface area contributed by atoms with Gasteiger partial charge in [0.05, 0.1) is 64.5 Å². The summed E-state index contributed by atoms with van der Waals surface area (Å²) in [6.07, 6.45) is 4.28. The zero-order valence-corrected chi connectivity index (χ0v) is 52.1. The number of hydrogen-bond donors (Lipinski definition) is 3.